The number of hydrogen-bond donors (Lipinski definition) is 0. The summed E-state index contributed by atoms with van der Waals surface area (Å²) in [7, 11) is 0. The Morgan fingerprint density at radius 1 is 1.41 bits per heavy atom. The maximum atomic E-state index is 13.0. The van der Waals surface area contributed by atoms with Crippen LogP contribution >= 0.6 is 0 Å². The van der Waals surface area contributed by atoms with Gasteiger partial charge in [-0.15, -0.1) is 0 Å². The molecule has 0 aliphatic rings. The molecule has 0 N–H and O–H groups in total. The van der Waals surface area contributed by atoms with Crippen molar-refractivity contribution < 1.29 is 18.7 Å². The highest BCUT2D eigenvalue weighted by Crippen LogP contribution is 2.11. The number of carbonyl (C=O) groups excluding carboxylic acids is 2. The molecule has 5 nitrogen and oxygen atoms in total. The van der Waals surface area contributed by atoms with Crippen LogP contribution in [0.2, 0.25) is 0 Å². The van der Waals surface area contributed by atoms with E-state index in [1.54, 1.807) is 30.7 Å². The first-order valence-corrected chi connectivity index (χ1v) is 6.90. The van der Waals surface area contributed by atoms with Crippen molar-refractivity contribution in [3.05, 3.63) is 52.6 Å². The fourth-order valence-electron chi connectivity index (χ4n) is 2.16. The molecule has 0 fully saturated rings. The molecule has 2 rings (SSSR count). The first-order chi connectivity index (χ1) is 10.5. The SMILES string of the molecule is Cc1nn(CCC(=O)OCc2cccc(F)c2)c(C)c1C=O. The summed E-state index contributed by atoms with van der Waals surface area (Å²) in [6.07, 6.45) is 0.895. The lowest BCUT2D eigenvalue weighted by atomic mass is 10.2. The van der Waals surface area contributed by atoms with E-state index in [4.69, 9.17) is 4.74 Å². The number of esters is 1. The summed E-state index contributed by atoms with van der Waals surface area (Å²) in [6, 6.07) is 5.91. The Morgan fingerprint density at radius 3 is 2.82 bits per heavy atom. The van der Waals surface area contributed by atoms with Crippen molar-refractivity contribution in [1.29, 1.82) is 0 Å². The van der Waals surface area contributed by atoms with Crippen LogP contribution in [0.25, 0.3) is 0 Å². The number of nitrogens with zero attached hydrogens (tertiary/aromatic N) is 2. The van der Waals surface area contributed by atoms with Gasteiger partial charge in [-0.25, -0.2) is 4.39 Å². The average Bonchev–Trinajstić information content (AvgIpc) is 2.77. The van der Waals surface area contributed by atoms with Gasteiger partial charge < -0.3 is 4.74 Å². The molecule has 116 valence electrons. The average molecular weight is 304 g/mol. The molecule has 0 saturated heterocycles. The lowest BCUT2D eigenvalue weighted by molar-refractivity contribution is -0.145. The quantitative estimate of drug-likeness (QED) is 0.608. The predicted molar refractivity (Wildman–Crippen MR) is 77.9 cm³/mol. The molecule has 0 aliphatic heterocycles. The monoisotopic (exact) mass is 304 g/mol. The second kappa shape index (κ2) is 6.98. The van der Waals surface area contributed by atoms with Gasteiger partial charge in [-0.2, -0.15) is 5.10 Å². The highest BCUT2D eigenvalue weighted by Gasteiger charge is 2.12. The third-order valence-electron chi connectivity index (χ3n) is 3.37. The highest BCUT2D eigenvalue weighted by atomic mass is 19.1. The van der Waals surface area contributed by atoms with Gasteiger partial charge in [0.2, 0.25) is 0 Å². The van der Waals surface area contributed by atoms with Crippen molar-refractivity contribution in [1.82, 2.24) is 9.78 Å². The molecule has 0 atom stereocenters. The zero-order chi connectivity index (χ0) is 16.1. The number of hydrogen-bond acceptors (Lipinski definition) is 4. The number of rotatable bonds is 6. The minimum atomic E-state index is -0.399. The fraction of sp³-hybridized carbons (Fsp3) is 0.312. The van der Waals surface area contributed by atoms with E-state index in [0.717, 1.165) is 12.0 Å². The Labute approximate surface area is 127 Å². The smallest absolute Gasteiger partial charge is 0.308 e. The third-order valence-corrected chi connectivity index (χ3v) is 3.37. The minimum Gasteiger partial charge on any atom is -0.461 e. The Kier molecular flexibility index (Phi) is 5.04. The van der Waals surface area contributed by atoms with Crippen LogP contribution < -0.4 is 0 Å². The molecule has 22 heavy (non-hydrogen) atoms. The number of aldehydes is 1. The van der Waals surface area contributed by atoms with Gasteiger partial charge in [0.05, 0.1) is 24.2 Å². The zero-order valence-corrected chi connectivity index (χ0v) is 12.5. The molecule has 0 aliphatic carbocycles. The molecule has 0 spiro atoms. The van der Waals surface area contributed by atoms with Gasteiger partial charge in [-0.3, -0.25) is 14.3 Å². The normalized spacial score (nSPS) is 10.5. The van der Waals surface area contributed by atoms with Gasteiger partial charge in [0, 0.05) is 5.69 Å². The first kappa shape index (κ1) is 15.9. The van der Waals surface area contributed by atoms with Crippen LogP contribution in [0.15, 0.2) is 24.3 Å². The summed E-state index contributed by atoms with van der Waals surface area (Å²) in [5.41, 5.74) is 2.52. The van der Waals surface area contributed by atoms with Gasteiger partial charge in [0.1, 0.15) is 12.4 Å². The number of aryl methyl sites for hydroxylation is 2. The Hall–Kier alpha value is -2.50. The molecule has 6 heteroatoms. The van der Waals surface area contributed by atoms with Crippen LogP contribution in [-0.2, 0) is 22.7 Å². The summed E-state index contributed by atoms with van der Waals surface area (Å²) >= 11 is 0. The molecule has 1 aromatic carbocycles. The molecular weight excluding hydrogens is 287 g/mol. The van der Waals surface area contributed by atoms with Crippen LogP contribution in [0.4, 0.5) is 4.39 Å². The van der Waals surface area contributed by atoms with E-state index in [1.165, 1.54) is 12.1 Å². The van der Waals surface area contributed by atoms with Gasteiger partial charge in [0.15, 0.2) is 6.29 Å². The molecule has 0 unspecified atom stereocenters. The number of halogens is 1. The topological polar surface area (TPSA) is 61.2 Å². The van der Waals surface area contributed by atoms with Crippen molar-refractivity contribution in [3.8, 4) is 0 Å². The van der Waals surface area contributed by atoms with Gasteiger partial charge in [-0.1, -0.05) is 12.1 Å². The van der Waals surface area contributed by atoms with E-state index in [1.807, 2.05) is 0 Å². The number of ether oxygens (including phenoxy) is 1. The van der Waals surface area contributed by atoms with Crippen molar-refractivity contribution in [2.75, 3.05) is 0 Å². The molecule has 0 saturated carbocycles. The summed E-state index contributed by atoms with van der Waals surface area (Å²) in [6.45, 7) is 3.90. The summed E-state index contributed by atoms with van der Waals surface area (Å²) in [5.74, 6) is -0.762. The lowest BCUT2D eigenvalue weighted by Gasteiger charge is -2.06. The summed E-state index contributed by atoms with van der Waals surface area (Å²) in [5, 5.41) is 4.21. The first-order valence-electron chi connectivity index (χ1n) is 6.90. The van der Waals surface area contributed by atoms with Crippen LogP contribution in [0, 0.1) is 19.7 Å². The number of benzene rings is 1. The molecule has 0 radical (unpaired) electrons. The third kappa shape index (κ3) is 3.78. The number of aromatic nitrogens is 2. The molecule has 1 aromatic heterocycles. The van der Waals surface area contributed by atoms with Crippen molar-refractivity contribution in [3.63, 3.8) is 0 Å². The predicted octanol–water partition coefficient (Wildman–Crippen LogP) is 2.59. The Bertz CT molecular complexity index is 695. The van der Waals surface area contributed by atoms with Crippen molar-refractivity contribution in [2.45, 2.75) is 33.4 Å². The van der Waals surface area contributed by atoms with Crippen molar-refractivity contribution in [2.24, 2.45) is 0 Å². The van der Waals surface area contributed by atoms with Gasteiger partial charge in [0.25, 0.3) is 0 Å². The van der Waals surface area contributed by atoms with Crippen LogP contribution in [0.3, 0.4) is 0 Å². The summed E-state index contributed by atoms with van der Waals surface area (Å²) in [4.78, 5) is 22.6. The van der Waals surface area contributed by atoms with Gasteiger partial charge >= 0.3 is 5.97 Å². The second-order valence-electron chi connectivity index (χ2n) is 4.97. The zero-order valence-electron chi connectivity index (χ0n) is 12.5. The second-order valence-corrected chi connectivity index (χ2v) is 4.97. The molecular formula is C16H17FN2O3. The lowest BCUT2D eigenvalue weighted by Crippen LogP contribution is -2.11. The number of carbonyl (C=O) groups is 2. The maximum absolute atomic E-state index is 13.0. The molecule has 0 bridgehead atoms. The Balaban J connectivity index is 1.87. The van der Waals surface area contributed by atoms with E-state index < -0.39 is 5.97 Å². The largest absolute Gasteiger partial charge is 0.461 e. The van der Waals surface area contributed by atoms with E-state index in [9.17, 15) is 14.0 Å². The van der Waals surface area contributed by atoms with Gasteiger partial charge in [-0.05, 0) is 31.5 Å². The molecule has 0 amide bonds. The summed E-state index contributed by atoms with van der Waals surface area (Å²) < 4.78 is 19.7. The fourth-order valence-corrected chi connectivity index (χ4v) is 2.16. The van der Waals surface area contributed by atoms with E-state index in [2.05, 4.69) is 5.10 Å². The van der Waals surface area contributed by atoms with E-state index in [-0.39, 0.29) is 18.8 Å². The van der Waals surface area contributed by atoms with Crippen molar-refractivity contribution >= 4 is 12.3 Å². The standard InChI is InChI=1S/C16H17FN2O3/c1-11-15(9-20)12(2)19(18-11)7-6-16(21)22-10-13-4-3-5-14(17)8-13/h3-5,8-9H,6-7,10H2,1-2H3. The maximum Gasteiger partial charge on any atom is 0.308 e. The van der Waals surface area contributed by atoms with Crippen LogP contribution in [0.1, 0.15) is 33.7 Å². The Morgan fingerprint density at radius 2 is 2.18 bits per heavy atom. The van der Waals surface area contributed by atoms with Crippen LogP contribution in [0.5, 0.6) is 0 Å². The van der Waals surface area contributed by atoms with E-state index >= 15 is 0 Å². The van der Waals surface area contributed by atoms with Crippen LogP contribution in [-0.4, -0.2) is 22.0 Å². The highest BCUT2D eigenvalue weighted by molar-refractivity contribution is 5.78. The minimum absolute atomic E-state index is 0.0350. The van der Waals surface area contributed by atoms with E-state index in [0.29, 0.717) is 23.4 Å². The molecule has 2 aromatic rings. The molecule has 1 heterocycles.